The lowest BCUT2D eigenvalue weighted by molar-refractivity contribution is 0.922. The average Bonchev–Trinajstić information content (AvgIpc) is 3.43. The molecule has 3 heteroatoms. The molecule has 1 N–H and O–H groups in total. The number of benzene rings is 4. The molecule has 0 saturated heterocycles. The van der Waals surface area contributed by atoms with Crippen molar-refractivity contribution in [1.82, 2.24) is 14.5 Å². The van der Waals surface area contributed by atoms with Gasteiger partial charge in [0, 0.05) is 33.8 Å². The second-order valence-corrected chi connectivity index (χ2v) is 8.69. The van der Waals surface area contributed by atoms with Gasteiger partial charge in [0.15, 0.2) is 0 Å². The topological polar surface area (TPSA) is 21.9 Å². The van der Waals surface area contributed by atoms with E-state index in [9.17, 15) is 0 Å². The number of hydrogen-bond donors (Lipinski definition) is 1. The van der Waals surface area contributed by atoms with Gasteiger partial charge in [-0.1, -0.05) is 91.5 Å². The third kappa shape index (κ3) is 2.52. The van der Waals surface area contributed by atoms with Crippen molar-refractivity contribution in [3.05, 3.63) is 115 Å². The van der Waals surface area contributed by atoms with Crippen LogP contribution in [0.25, 0.3) is 61.2 Å². The number of hydrogen-bond acceptors (Lipinski definition) is 1. The molecule has 0 unspecified atom stereocenters. The van der Waals surface area contributed by atoms with Gasteiger partial charge in [-0.3, -0.25) is 4.57 Å². The SMILES string of the molecule is C=Cc1cccc2c3ccc4c5ccccc5n(C5=CC=CCN5)c4c3n(-c3ccccc3)c12. The van der Waals surface area contributed by atoms with Gasteiger partial charge in [0.1, 0.15) is 5.82 Å². The van der Waals surface area contributed by atoms with Crippen LogP contribution in [0.3, 0.4) is 0 Å². The summed E-state index contributed by atoms with van der Waals surface area (Å²) in [7, 11) is 0. The zero-order valence-electron chi connectivity index (χ0n) is 18.7. The second-order valence-electron chi connectivity index (χ2n) is 8.69. The third-order valence-electron chi connectivity index (χ3n) is 6.88. The molecule has 0 saturated carbocycles. The highest BCUT2D eigenvalue weighted by Crippen LogP contribution is 2.42. The maximum absolute atomic E-state index is 4.13. The van der Waals surface area contributed by atoms with Gasteiger partial charge in [-0.25, -0.2) is 0 Å². The predicted octanol–water partition coefficient (Wildman–Crippen LogP) is 7.49. The Hall–Kier alpha value is -4.50. The molecule has 0 amide bonds. The summed E-state index contributed by atoms with van der Waals surface area (Å²) in [6.07, 6.45) is 8.40. The van der Waals surface area contributed by atoms with Crippen LogP contribution in [-0.4, -0.2) is 15.7 Å². The number of nitrogens with one attached hydrogen (secondary N) is 1. The van der Waals surface area contributed by atoms with E-state index in [1.807, 2.05) is 6.08 Å². The molecule has 1 aliphatic rings. The highest BCUT2D eigenvalue weighted by Gasteiger charge is 2.22. The van der Waals surface area contributed by atoms with E-state index in [2.05, 4.69) is 124 Å². The summed E-state index contributed by atoms with van der Waals surface area (Å²) in [5, 5.41) is 8.58. The Morgan fingerprint density at radius 2 is 1.38 bits per heavy atom. The molecule has 7 rings (SSSR count). The summed E-state index contributed by atoms with van der Waals surface area (Å²) < 4.78 is 4.81. The van der Waals surface area contributed by atoms with Crippen molar-refractivity contribution in [1.29, 1.82) is 0 Å². The molecule has 3 heterocycles. The number of rotatable bonds is 3. The van der Waals surface area contributed by atoms with Crippen molar-refractivity contribution in [3.63, 3.8) is 0 Å². The first-order valence-corrected chi connectivity index (χ1v) is 11.6. The second kappa shape index (κ2) is 7.26. The molecule has 3 nitrogen and oxygen atoms in total. The van der Waals surface area contributed by atoms with Crippen LogP contribution < -0.4 is 5.32 Å². The number of allylic oxidation sites excluding steroid dienone is 2. The van der Waals surface area contributed by atoms with E-state index < -0.39 is 0 Å². The van der Waals surface area contributed by atoms with Crippen LogP contribution in [0.1, 0.15) is 5.56 Å². The van der Waals surface area contributed by atoms with Gasteiger partial charge in [-0.15, -0.1) is 0 Å². The Morgan fingerprint density at radius 1 is 0.676 bits per heavy atom. The monoisotopic (exact) mass is 437 g/mol. The lowest BCUT2D eigenvalue weighted by Gasteiger charge is -2.17. The molecule has 1 aliphatic heterocycles. The van der Waals surface area contributed by atoms with Gasteiger partial charge >= 0.3 is 0 Å². The maximum atomic E-state index is 4.13. The molecule has 0 radical (unpaired) electrons. The summed E-state index contributed by atoms with van der Waals surface area (Å²) in [5.41, 5.74) is 7.09. The van der Waals surface area contributed by atoms with Crippen molar-refractivity contribution in [3.8, 4) is 5.69 Å². The third-order valence-corrected chi connectivity index (χ3v) is 6.88. The minimum absolute atomic E-state index is 0.818. The zero-order chi connectivity index (χ0) is 22.6. The number of aromatic nitrogens is 2. The molecule has 6 aromatic rings. The minimum Gasteiger partial charge on any atom is -0.368 e. The summed E-state index contributed by atoms with van der Waals surface area (Å²) in [4.78, 5) is 0. The van der Waals surface area contributed by atoms with E-state index in [1.165, 1.54) is 43.6 Å². The highest BCUT2D eigenvalue weighted by molar-refractivity contribution is 6.24. The molecular weight excluding hydrogens is 414 g/mol. The predicted molar refractivity (Wildman–Crippen MR) is 145 cm³/mol. The summed E-state index contributed by atoms with van der Waals surface area (Å²) >= 11 is 0. The molecule has 162 valence electrons. The van der Waals surface area contributed by atoms with Crippen LogP contribution in [0.4, 0.5) is 0 Å². The minimum atomic E-state index is 0.818. The van der Waals surface area contributed by atoms with Crippen molar-refractivity contribution in [2.75, 3.05) is 6.54 Å². The number of dihydropyridines is 1. The van der Waals surface area contributed by atoms with Gasteiger partial charge in [0.25, 0.3) is 0 Å². The quantitative estimate of drug-likeness (QED) is 0.304. The molecule has 0 atom stereocenters. The molecule has 2 aromatic heterocycles. The molecular formula is C31H23N3. The van der Waals surface area contributed by atoms with Crippen LogP contribution in [0.5, 0.6) is 0 Å². The Balaban J connectivity index is 1.80. The smallest absolute Gasteiger partial charge is 0.111 e. The van der Waals surface area contributed by atoms with Crippen LogP contribution >= 0.6 is 0 Å². The summed E-state index contributed by atoms with van der Waals surface area (Å²) in [6.45, 7) is 4.95. The fraction of sp³-hybridized carbons (Fsp3) is 0.0323. The lowest BCUT2D eigenvalue weighted by Crippen LogP contribution is -2.19. The fourth-order valence-electron chi connectivity index (χ4n) is 5.48. The Labute approximate surface area is 197 Å². The Bertz CT molecular complexity index is 1810. The van der Waals surface area contributed by atoms with Crippen molar-refractivity contribution in [2.45, 2.75) is 0 Å². The van der Waals surface area contributed by atoms with E-state index in [0.717, 1.165) is 23.6 Å². The van der Waals surface area contributed by atoms with Crippen LogP contribution in [0.2, 0.25) is 0 Å². The molecule has 0 aliphatic carbocycles. The molecule has 0 fully saturated rings. The average molecular weight is 438 g/mol. The Morgan fingerprint density at radius 3 is 2.18 bits per heavy atom. The van der Waals surface area contributed by atoms with Crippen molar-refractivity contribution in [2.24, 2.45) is 0 Å². The fourth-order valence-corrected chi connectivity index (χ4v) is 5.48. The zero-order valence-corrected chi connectivity index (χ0v) is 18.7. The normalized spacial score (nSPS) is 13.6. The van der Waals surface area contributed by atoms with Crippen LogP contribution in [0, 0.1) is 0 Å². The molecule has 34 heavy (non-hydrogen) atoms. The lowest BCUT2D eigenvalue weighted by atomic mass is 10.1. The summed E-state index contributed by atoms with van der Waals surface area (Å²) in [6, 6.07) is 30.4. The first-order valence-electron chi connectivity index (χ1n) is 11.6. The van der Waals surface area contributed by atoms with Gasteiger partial charge < -0.3 is 9.88 Å². The van der Waals surface area contributed by atoms with E-state index in [-0.39, 0.29) is 0 Å². The summed E-state index contributed by atoms with van der Waals surface area (Å²) in [5.74, 6) is 1.09. The van der Waals surface area contributed by atoms with Crippen LogP contribution in [-0.2, 0) is 0 Å². The highest BCUT2D eigenvalue weighted by atomic mass is 15.2. The number of nitrogens with zero attached hydrogens (tertiary/aromatic N) is 2. The first-order chi connectivity index (χ1) is 16.9. The Kier molecular flexibility index (Phi) is 4.06. The largest absolute Gasteiger partial charge is 0.368 e. The molecule has 4 aromatic carbocycles. The molecule has 0 spiro atoms. The van der Waals surface area contributed by atoms with Gasteiger partial charge in [0.2, 0.25) is 0 Å². The van der Waals surface area contributed by atoms with Gasteiger partial charge in [-0.05, 0) is 29.8 Å². The van der Waals surface area contributed by atoms with Crippen LogP contribution in [0.15, 0.2) is 110 Å². The van der Waals surface area contributed by atoms with Gasteiger partial charge in [0.05, 0.1) is 22.1 Å². The number of fused-ring (bicyclic) bond motifs is 7. The number of para-hydroxylation sites is 3. The van der Waals surface area contributed by atoms with E-state index >= 15 is 0 Å². The molecule has 0 bridgehead atoms. The van der Waals surface area contributed by atoms with E-state index in [0.29, 0.717) is 0 Å². The first kappa shape index (κ1) is 19.0. The van der Waals surface area contributed by atoms with Crippen molar-refractivity contribution >= 4 is 55.5 Å². The van der Waals surface area contributed by atoms with E-state index in [4.69, 9.17) is 0 Å². The van der Waals surface area contributed by atoms with E-state index in [1.54, 1.807) is 0 Å². The maximum Gasteiger partial charge on any atom is 0.111 e. The standard InChI is InChI=1S/C31H23N3/c1-2-21-11-10-15-24-26-19-18-25-23-14-6-7-16-27(23)34(28-17-8-9-20-32-28)31(25)30(26)33(29(21)24)22-12-4-3-5-13-22/h2-19,32H,1,20H2. The van der Waals surface area contributed by atoms with Crippen molar-refractivity contribution < 1.29 is 0 Å². The van der Waals surface area contributed by atoms with Gasteiger partial charge in [-0.2, -0.15) is 0 Å².